The summed E-state index contributed by atoms with van der Waals surface area (Å²) >= 11 is 0. The Morgan fingerprint density at radius 2 is 1.81 bits per heavy atom. The van der Waals surface area contributed by atoms with Gasteiger partial charge in [-0.2, -0.15) is 10.2 Å². The van der Waals surface area contributed by atoms with Crippen LogP contribution in [0.1, 0.15) is 54.0 Å². The lowest BCUT2D eigenvalue weighted by Gasteiger charge is -2.25. The molecule has 1 saturated carbocycles. The number of nitrogens with one attached hydrogen (secondary N) is 1. The zero-order valence-corrected chi connectivity index (χ0v) is 21.7. The summed E-state index contributed by atoms with van der Waals surface area (Å²) in [5, 5.41) is 13.4. The van der Waals surface area contributed by atoms with Crippen LogP contribution in [-0.2, 0) is 33.5 Å². The number of fused-ring (bicyclic) bond motifs is 2. The van der Waals surface area contributed by atoms with Crippen LogP contribution in [0.15, 0.2) is 42.6 Å². The summed E-state index contributed by atoms with van der Waals surface area (Å²) in [7, 11) is 4.13. The van der Waals surface area contributed by atoms with Crippen LogP contribution >= 0.6 is 0 Å². The Bertz CT molecular complexity index is 1600. The molecule has 1 N–H and O–H groups in total. The van der Waals surface area contributed by atoms with Crippen LogP contribution in [0, 0.1) is 0 Å². The number of H-pyrrole nitrogens is 1. The lowest BCUT2D eigenvalue weighted by Crippen LogP contribution is -2.31. The van der Waals surface area contributed by atoms with Crippen molar-refractivity contribution >= 4 is 10.9 Å². The van der Waals surface area contributed by atoms with Crippen molar-refractivity contribution in [3.8, 4) is 22.8 Å². The van der Waals surface area contributed by atoms with E-state index in [1.54, 1.807) is 0 Å². The second kappa shape index (κ2) is 8.66. The van der Waals surface area contributed by atoms with Gasteiger partial charge in [-0.1, -0.05) is 37.3 Å². The van der Waals surface area contributed by atoms with Crippen molar-refractivity contribution in [3.63, 3.8) is 0 Å². The van der Waals surface area contributed by atoms with Crippen molar-refractivity contribution in [2.24, 2.45) is 14.1 Å². The largest absolute Gasteiger partial charge is 0.330 e. The lowest BCUT2D eigenvalue weighted by atomic mass is 9.97. The minimum atomic E-state index is 0.637. The molecule has 4 heterocycles. The third kappa shape index (κ3) is 3.87. The van der Waals surface area contributed by atoms with Crippen molar-refractivity contribution in [1.29, 1.82) is 0 Å². The molecule has 0 bridgehead atoms. The SMILES string of the molecule is CCN1CCc2nc(-c3ccc(-c4nc(Cc5ccc6[nH]ncc6c5C5CC5)n(C)n4)cc3)n(C)c2C1. The summed E-state index contributed by atoms with van der Waals surface area (Å²) < 4.78 is 4.18. The second-order valence-corrected chi connectivity index (χ2v) is 10.5. The van der Waals surface area contributed by atoms with Gasteiger partial charge in [0.15, 0.2) is 5.82 Å². The Morgan fingerprint density at radius 3 is 2.59 bits per heavy atom. The highest BCUT2D eigenvalue weighted by molar-refractivity contribution is 5.84. The van der Waals surface area contributed by atoms with Crippen LogP contribution in [-0.4, -0.2) is 52.5 Å². The number of aromatic amines is 1. The summed E-state index contributed by atoms with van der Waals surface area (Å²) in [6.45, 7) is 5.37. The van der Waals surface area contributed by atoms with E-state index in [2.05, 4.69) is 70.0 Å². The molecule has 1 fully saturated rings. The molecule has 0 atom stereocenters. The number of hydrogen-bond acceptors (Lipinski definition) is 5. The quantitative estimate of drug-likeness (QED) is 0.375. The molecule has 2 aliphatic rings. The summed E-state index contributed by atoms with van der Waals surface area (Å²) in [5.74, 6) is 3.41. The van der Waals surface area contributed by atoms with E-state index in [0.29, 0.717) is 5.92 Å². The topological polar surface area (TPSA) is 80.5 Å². The van der Waals surface area contributed by atoms with E-state index in [9.17, 15) is 0 Å². The molecule has 5 aromatic rings. The first-order chi connectivity index (χ1) is 18.1. The van der Waals surface area contributed by atoms with Crippen LogP contribution < -0.4 is 0 Å². The molecule has 7 rings (SSSR count). The molecular weight excluding hydrogens is 460 g/mol. The number of benzene rings is 2. The molecule has 2 aromatic carbocycles. The van der Waals surface area contributed by atoms with Crippen molar-refractivity contribution in [1.82, 2.24) is 39.4 Å². The Kier molecular flexibility index (Phi) is 5.25. The van der Waals surface area contributed by atoms with E-state index < -0.39 is 0 Å². The maximum atomic E-state index is 5.00. The number of hydrogen-bond donors (Lipinski definition) is 1. The maximum Gasteiger partial charge on any atom is 0.181 e. The molecule has 0 radical (unpaired) electrons. The van der Waals surface area contributed by atoms with Gasteiger partial charge in [0.1, 0.15) is 11.6 Å². The Morgan fingerprint density at radius 1 is 1.00 bits per heavy atom. The summed E-state index contributed by atoms with van der Waals surface area (Å²) in [6, 6.07) is 12.9. The zero-order valence-electron chi connectivity index (χ0n) is 21.7. The van der Waals surface area contributed by atoms with E-state index in [0.717, 1.165) is 66.6 Å². The third-order valence-electron chi connectivity index (χ3n) is 8.13. The molecule has 3 aromatic heterocycles. The zero-order chi connectivity index (χ0) is 25.1. The van der Waals surface area contributed by atoms with E-state index in [-0.39, 0.29) is 0 Å². The van der Waals surface area contributed by atoms with Gasteiger partial charge in [-0.15, -0.1) is 0 Å². The normalized spacial score (nSPS) is 16.0. The van der Waals surface area contributed by atoms with Gasteiger partial charge in [0.25, 0.3) is 0 Å². The maximum absolute atomic E-state index is 5.00. The predicted octanol–water partition coefficient (Wildman–Crippen LogP) is 4.61. The lowest BCUT2D eigenvalue weighted by molar-refractivity contribution is 0.260. The van der Waals surface area contributed by atoms with Crippen LogP contribution in [0.25, 0.3) is 33.7 Å². The van der Waals surface area contributed by atoms with Crippen molar-refractivity contribution in [3.05, 3.63) is 70.9 Å². The fourth-order valence-electron chi connectivity index (χ4n) is 5.79. The number of nitrogens with zero attached hydrogens (tertiary/aromatic N) is 7. The molecule has 0 amide bonds. The average molecular weight is 493 g/mol. The minimum Gasteiger partial charge on any atom is -0.330 e. The molecular formula is C29H32N8. The minimum absolute atomic E-state index is 0.637. The second-order valence-electron chi connectivity index (χ2n) is 10.5. The van der Waals surface area contributed by atoms with E-state index in [1.165, 1.54) is 40.7 Å². The highest BCUT2D eigenvalue weighted by atomic mass is 15.3. The molecule has 1 aliphatic carbocycles. The van der Waals surface area contributed by atoms with Gasteiger partial charge >= 0.3 is 0 Å². The van der Waals surface area contributed by atoms with Crippen LogP contribution in [0.3, 0.4) is 0 Å². The fraction of sp³-hybridized carbons (Fsp3) is 0.379. The fourth-order valence-corrected chi connectivity index (χ4v) is 5.79. The van der Waals surface area contributed by atoms with E-state index >= 15 is 0 Å². The van der Waals surface area contributed by atoms with Crippen LogP contribution in [0.4, 0.5) is 0 Å². The average Bonchev–Trinajstić information content (AvgIpc) is 3.39. The molecule has 8 nitrogen and oxygen atoms in total. The smallest absolute Gasteiger partial charge is 0.181 e. The Labute approximate surface area is 216 Å². The van der Waals surface area contributed by atoms with Crippen molar-refractivity contribution in [2.75, 3.05) is 13.1 Å². The standard InChI is InChI=1S/C29H32N8/c1-4-37-14-13-24-25(17-37)35(2)29(31-24)20-9-7-19(8-10-20)28-32-26(36(3)34-28)15-21-11-12-23-22(16-30-33-23)27(21)18-5-6-18/h7-12,16,18H,4-6,13-15,17H2,1-3H3,(H,30,33). The van der Waals surface area contributed by atoms with Gasteiger partial charge in [0.05, 0.1) is 23.1 Å². The molecule has 0 spiro atoms. The Hall–Kier alpha value is -3.78. The number of aromatic nitrogens is 7. The summed E-state index contributed by atoms with van der Waals surface area (Å²) in [5.41, 5.74) is 8.59. The highest BCUT2D eigenvalue weighted by Crippen LogP contribution is 2.45. The first-order valence-corrected chi connectivity index (χ1v) is 13.3. The van der Waals surface area contributed by atoms with Gasteiger partial charge in [-0.3, -0.25) is 14.7 Å². The number of imidazole rings is 1. The monoisotopic (exact) mass is 492 g/mol. The molecule has 37 heavy (non-hydrogen) atoms. The van der Waals surface area contributed by atoms with Gasteiger partial charge in [0.2, 0.25) is 0 Å². The molecule has 8 heteroatoms. The number of aryl methyl sites for hydroxylation is 1. The molecule has 188 valence electrons. The van der Waals surface area contributed by atoms with E-state index in [1.807, 2.05) is 17.9 Å². The van der Waals surface area contributed by atoms with Crippen LogP contribution in [0.5, 0.6) is 0 Å². The van der Waals surface area contributed by atoms with Crippen molar-refractivity contribution < 1.29 is 0 Å². The van der Waals surface area contributed by atoms with Crippen molar-refractivity contribution in [2.45, 2.75) is 45.1 Å². The van der Waals surface area contributed by atoms with Gasteiger partial charge < -0.3 is 4.57 Å². The number of rotatable bonds is 6. The first kappa shape index (κ1) is 22.4. The summed E-state index contributed by atoms with van der Waals surface area (Å²) in [4.78, 5) is 12.4. The van der Waals surface area contributed by atoms with Gasteiger partial charge in [-0.25, -0.2) is 9.97 Å². The molecule has 0 saturated heterocycles. The number of likely N-dealkylation sites (N-methyl/N-ethyl adjacent to an activating group) is 1. The van der Waals surface area contributed by atoms with Crippen LogP contribution in [0.2, 0.25) is 0 Å². The molecule has 0 unspecified atom stereocenters. The third-order valence-corrected chi connectivity index (χ3v) is 8.13. The van der Waals surface area contributed by atoms with Gasteiger partial charge in [-0.05, 0) is 42.5 Å². The summed E-state index contributed by atoms with van der Waals surface area (Å²) in [6.07, 6.45) is 6.26. The first-order valence-electron chi connectivity index (χ1n) is 13.3. The Balaban J connectivity index is 1.16. The van der Waals surface area contributed by atoms with Gasteiger partial charge in [0, 0.05) is 56.5 Å². The molecule has 1 aliphatic heterocycles. The van der Waals surface area contributed by atoms with E-state index in [4.69, 9.17) is 15.1 Å². The predicted molar refractivity (Wildman–Crippen MR) is 144 cm³/mol. The highest BCUT2D eigenvalue weighted by Gasteiger charge is 2.29.